The molecule has 0 atom stereocenters. The molecule has 1 aromatic carbocycles. The van der Waals surface area contributed by atoms with E-state index in [0.717, 1.165) is 17.2 Å². The van der Waals surface area contributed by atoms with Gasteiger partial charge in [-0.3, -0.25) is 5.10 Å². The van der Waals surface area contributed by atoms with Crippen LogP contribution in [0.4, 0.5) is 11.5 Å². The van der Waals surface area contributed by atoms with Crippen molar-refractivity contribution >= 4 is 34.6 Å². The van der Waals surface area contributed by atoms with Gasteiger partial charge in [0.25, 0.3) is 0 Å². The molecular formula is C22H28N4S2. The van der Waals surface area contributed by atoms with E-state index >= 15 is 0 Å². The third kappa shape index (κ3) is 4.61. The number of aromatic amines is 1. The van der Waals surface area contributed by atoms with Crippen LogP contribution in [0.15, 0.2) is 35.4 Å². The van der Waals surface area contributed by atoms with Gasteiger partial charge in [0.2, 0.25) is 0 Å². The topological polar surface area (TPSA) is 53.6 Å². The molecule has 1 aliphatic carbocycles. The number of benzene rings is 1. The number of anilines is 2. The molecule has 2 aromatic heterocycles. The predicted molar refractivity (Wildman–Crippen MR) is 121 cm³/mol. The zero-order chi connectivity index (χ0) is 19.5. The lowest BCUT2D eigenvalue weighted by atomic mass is 9.90. The first-order valence-electron chi connectivity index (χ1n) is 10.1. The van der Waals surface area contributed by atoms with Crippen LogP contribution in [-0.4, -0.2) is 20.4 Å². The molecule has 0 radical (unpaired) electrons. The first-order chi connectivity index (χ1) is 13.6. The summed E-state index contributed by atoms with van der Waals surface area (Å²) < 4.78 is 0. The highest BCUT2D eigenvalue weighted by atomic mass is 32.2. The molecular weight excluding hydrogens is 384 g/mol. The predicted octanol–water partition coefficient (Wildman–Crippen LogP) is 7.13. The van der Waals surface area contributed by atoms with E-state index in [4.69, 9.17) is 4.98 Å². The molecule has 4 rings (SSSR count). The minimum Gasteiger partial charge on any atom is -0.339 e. The lowest BCUT2D eigenvalue weighted by molar-refractivity contribution is 0.442. The Kier molecular flexibility index (Phi) is 6.07. The van der Waals surface area contributed by atoms with Crippen molar-refractivity contribution in [3.63, 3.8) is 0 Å². The average molecular weight is 413 g/mol. The van der Waals surface area contributed by atoms with Crippen molar-refractivity contribution in [2.75, 3.05) is 5.32 Å². The molecule has 2 heterocycles. The zero-order valence-electron chi connectivity index (χ0n) is 16.8. The number of rotatable bonds is 6. The number of aryl methyl sites for hydroxylation is 1. The molecule has 0 spiro atoms. The van der Waals surface area contributed by atoms with Crippen molar-refractivity contribution in [1.82, 2.24) is 15.2 Å². The van der Waals surface area contributed by atoms with E-state index in [-0.39, 0.29) is 0 Å². The van der Waals surface area contributed by atoms with Gasteiger partial charge >= 0.3 is 0 Å². The number of hydrogen-bond donors (Lipinski definition) is 2. The van der Waals surface area contributed by atoms with Crippen LogP contribution in [0.3, 0.4) is 0 Å². The highest BCUT2D eigenvalue weighted by molar-refractivity contribution is 8.00. The summed E-state index contributed by atoms with van der Waals surface area (Å²) in [4.78, 5) is 7.39. The molecule has 2 N–H and O–H groups in total. The van der Waals surface area contributed by atoms with Crippen LogP contribution in [-0.2, 0) is 0 Å². The summed E-state index contributed by atoms with van der Waals surface area (Å²) in [7, 11) is 0. The summed E-state index contributed by atoms with van der Waals surface area (Å²) >= 11 is 3.79. The Morgan fingerprint density at radius 1 is 1.18 bits per heavy atom. The van der Waals surface area contributed by atoms with Crippen LogP contribution in [0.1, 0.15) is 62.6 Å². The maximum absolute atomic E-state index is 4.81. The first-order valence-corrected chi connectivity index (χ1v) is 11.8. The van der Waals surface area contributed by atoms with E-state index < -0.39 is 0 Å². The first kappa shape index (κ1) is 19.5. The number of thiazole rings is 1. The largest absolute Gasteiger partial charge is 0.339 e. The van der Waals surface area contributed by atoms with Gasteiger partial charge in [-0.05, 0) is 31.9 Å². The van der Waals surface area contributed by atoms with Crippen LogP contribution in [0, 0.1) is 6.92 Å². The SMILES string of the molecule is Cc1cc(Nc2ccc(-c3cnc(C4CCCCC4)s3)c(SC(C)C)c2)n[nH]1. The fourth-order valence-corrected chi connectivity index (χ4v) is 5.93. The van der Waals surface area contributed by atoms with E-state index in [1.54, 1.807) is 0 Å². The normalized spacial score (nSPS) is 15.3. The molecule has 3 aromatic rings. The molecule has 1 fully saturated rings. The second-order valence-corrected chi connectivity index (χ2v) is 10.5. The molecule has 1 saturated carbocycles. The quantitative estimate of drug-likeness (QED) is 0.423. The summed E-state index contributed by atoms with van der Waals surface area (Å²) in [5, 5.41) is 12.5. The van der Waals surface area contributed by atoms with Crippen LogP contribution in [0.2, 0.25) is 0 Å². The van der Waals surface area contributed by atoms with Gasteiger partial charge in [-0.15, -0.1) is 23.1 Å². The fraction of sp³-hybridized carbons (Fsp3) is 0.455. The Balaban J connectivity index is 1.61. The summed E-state index contributed by atoms with van der Waals surface area (Å²) in [6.45, 7) is 6.49. The Hall–Kier alpha value is -1.79. The van der Waals surface area contributed by atoms with Crippen LogP contribution < -0.4 is 5.32 Å². The number of H-pyrrole nitrogens is 1. The van der Waals surface area contributed by atoms with Gasteiger partial charge in [0, 0.05) is 45.3 Å². The summed E-state index contributed by atoms with van der Waals surface area (Å²) in [6, 6.07) is 8.63. The summed E-state index contributed by atoms with van der Waals surface area (Å²) in [5.74, 6) is 1.51. The maximum Gasteiger partial charge on any atom is 0.152 e. The van der Waals surface area contributed by atoms with Gasteiger partial charge in [0.05, 0.1) is 9.88 Å². The third-order valence-corrected chi connectivity index (χ3v) is 7.32. The highest BCUT2D eigenvalue weighted by Gasteiger charge is 2.20. The smallest absolute Gasteiger partial charge is 0.152 e. The number of thioether (sulfide) groups is 1. The molecule has 0 saturated heterocycles. The van der Waals surface area contributed by atoms with E-state index in [0.29, 0.717) is 11.2 Å². The van der Waals surface area contributed by atoms with E-state index in [1.165, 1.54) is 52.4 Å². The van der Waals surface area contributed by atoms with Gasteiger partial charge < -0.3 is 5.32 Å². The number of hydrogen-bond acceptors (Lipinski definition) is 5. The van der Waals surface area contributed by atoms with Crippen molar-refractivity contribution in [3.8, 4) is 10.4 Å². The van der Waals surface area contributed by atoms with Crippen molar-refractivity contribution in [2.45, 2.75) is 68.9 Å². The molecule has 0 amide bonds. The zero-order valence-corrected chi connectivity index (χ0v) is 18.4. The Morgan fingerprint density at radius 3 is 2.71 bits per heavy atom. The molecule has 1 aliphatic rings. The lowest BCUT2D eigenvalue weighted by Crippen LogP contribution is -2.03. The number of nitrogens with zero attached hydrogens (tertiary/aromatic N) is 2. The van der Waals surface area contributed by atoms with Crippen LogP contribution in [0.25, 0.3) is 10.4 Å². The Bertz CT molecular complexity index is 922. The van der Waals surface area contributed by atoms with Gasteiger partial charge in [-0.25, -0.2) is 4.98 Å². The number of nitrogens with one attached hydrogen (secondary N) is 2. The van der Waals surface area contributed by atoms with E-state index in [9.17, 15) is 0 Å². The third-order valence-electron chi connectivity index (χ3n) is 5.07. The highest BCUT2D eigenvalue weighted by Crippen LogP contribution is 2.41. The van der Waals surface area contributed by atoms with Crippen molar-refractivity contribution in [3.05, 3.63) is 41.2 Å². The van der Waals surface area contributed by atoms with Crippen LogP contribution >= 0.6 is 23.1 Å². The molecule has 4 nitrogen and oxygen atoms in total. The van der Waals surface area contributed by atoms with Crippen molar-refractivity contribution in [2.24, 2.45) is 0 Å². The Labute approximate surface area is 175 Å². The average Bonchev–Trinajstić information content (AvgIpc) is 3.32. The summed E-state index contributed by atoms with van der Waals surface area (Å²) in [5.41, 5.74) is 3.41. The maximum atomic E-state index is 4.81. The van der Waals surface area contributed by atoms with Gasteiger partial charge in [0.15, 0.2) is 5.82 Å². The van der Waals surface area contributed by atoms with E-state index in [1.807, 2.05) is 36.1 Å². The minimum atomic E-state index is 0.521. The van der Waals surface area contributed by atoms with Crippen molar-refractivity contribution in [1.29, 1.82) is 0 Å². The molecule has 6 heteroatoms. The molecule has 0 bridgehead atoms. The van der Waals surface area contributed by atoms with Gasteiger partial charge in [0.1, 0.15) is 0 Å². The molecule has 0 unspecified atom stereocenters. The van der Waals surface area contributed by atoms with Gasteiger partial charge in [-0.1, -0.05) is 39.2 Å². The summed E-state index contributed by atoms with van der Waals surface area (Å²) in [6.07, 6.45) is 8.76. The molecule has 148 valence electrons. The second-order valence-electron chi connectivity index (χ2n) is 7.84. The molecule has 28 heavy (non-hydrogen) atoms. The van der Waals surface area contributed by atoms with Crippen LogP contribution in [0.5, 0.6) is 0 Å². The van der Waals surface area contributed by atoms with E-state index in [2.05, 4.69) is 53.8 Å². The number of aromatic nitrogens is 3. The monoisotopic (exact) mass is 412 g/mol. The Morgan fingerprint density at radius 2 is 2.00 bits per heavy atom. The lowest BCUT2D eigenvalue weighted by Gasteiger charge is -2.19. The minimum absolute atomic E-state index is 0.521. The standard InChI is InChI=1S/C22H28N4S2/c1-14(2)27-19-12-17(24-21-11-15(3)25-26-21)9-10-18(19)20-13-23-22(28-20)16-7-5-4-6-8-16/h9-14,16H,4-8H2,1-3H3,(H2,24,25,26). The second kappa shape index (κ2) is 8.70. The molecule has 0 aliphatic heterocycles. The van der Waals surface area contributed by atoms with Gasteiger partial charge in [-0.2, -0.15) is 5.10 Å². The fourth-order valence-electron chi connectivity index (χ4n) is 3.74. The van der Waals surface area contributed by atoms with Crippen molar-refractivity contribution < 1.29 is 0 Å².